The van der Waals surface area contributed by atoms with Gasteiger partial charge in [0.1, 0.15) is 5.00 Å². The summed E-state index contributed by atoms with van der Waals surface area (Å²) in [6.07, 6.45) is 4.28. The van der Waals surface area contributed by atoms with E-state index in [1.807, 2.05) is 17.5 Å². The van der Waals surface area contributed by atoms with E-state index in [1.54, 1.807) is 0 Å². The SMILES string of the molecule is COC(=O)NC(=O)c1c(NC(=O)Cc2cccs2)sc2c1CCCCC2. The molecule has 0 spiro atoms. The van der Waals surface area contributed by atoms with Crippen LogP contribution in [-0.4, -0.2) is 25.0 Å². The molecule has 0 unspecified atom stereocenters. The Morgan fingerprint density at radius 1 is 1.19 bits per heavy atom. The highest BCUT2D eigenvalue weighted by molar-refractivity contribution is 7.17. The number of carbonyl (C=O) groups is 3. The van der Waals surface area contributed by atoms with Gasteiger partial charge in [-0.15, -0.1) is 22.7 Å². The van der Waals surface area contributed by atoms with Crippen molar-refractivity contribution in [3.63, 3.8) is 0 Å². The smallest absolute Gasteiger partial charge is 0.413 e. The standard InChI is InChI=1S/C18H20N2O4S2/c1-24-18(23)20-16(22)15-12-7-3-2-4-8-13(12)26-17(15)19-14(21)10-11-6-5-9-25-11/h5-6,9H,2-4,7-8,10H2,1H3,(H,19,21)(H,20,22,23). The highest BCUT2D eigenvalue weighted by atomic mass is 32.1. The molecular formula is C18H20N2O4S2. The number of amides is 3. The minimum atomic E-state index is -0.806. The molecule has 0 fully saturated rings. The molecule has 0 saturated heterocycles. The summed E-state index contributed by atoms with van der Waals surface area (Å²) in [5.41, 5.74) is 1.34. The Hall–Kier alpha value is -2.19. The summed E-state index contributed by atoms with van der Waals surface area (Å²) >= 11 is 2.95. The van der Waals surface area contributed by atoms with E-state index in [0.717, 1.165) is 47.4 Å². The van der Waals surface area contributed by atoms with Crippen LogP contribution in [0.5, 0.6) is 0 Å². The van der Waals surface area contributed by atoms with E-state index in [9.17, 15) is 14.4 Å². The van der Waals surface area contributed by atoms with Gasteiger partial charge >= 0.3 is 6.09 Å². The number of aryl methyl sites for hydroxylation is 1. The number of carbonyl (C=O) groups excluding carboxylic acids is 3. The number of fused-ring (bicyclic) bond motifs is 1. The molecule has 6 nitrogen and oxygen atoms in total. The molecule has 3 rings (SSSR count). The maximum absolute atomic E-state index is 12.6. The number of thiophene rings is 2. The second-order valence-corrected chi connectivity index (χ2v) is 8.16. The van der Waals surface area contributed by atoms with Crippen molar-refractivity contribution in [2.45, 2.75) is 38.5 Å². The molecule has 0 atom stereocenters. The molecule has 8 heteroatoms. The molecule has 2 N–H and O–H groups in total. The predicted molar refractivity (Wildman–Crippen MR) is 102 cm³/mol. The van der Waals surface area contributed by atoms with Crippen molar-refractivity contribution in [3.8, 4) is 0 Å². The van der Waals surface area contributed by atoms with Crippen LogP contribution in [0.15, 0.2) is 17.5 Å². The summed E-state index contributed by atoms with van der Waals surface area (Å²) in [6, 6.07) is 3.80. The maximum atomic E-state index is 12.6. The molecular weight excluding hydrogens is 372 g/mol. The molecule has 26 heavy (non-hydrogen) atoms. The van der Waals surface area contributed by atoms with E-state index in [1.165, 1.54) is 29.8 Å². The van der Waals surface area contributed by atoms with Crippen LogP contribution in [0.3, 0.4) is 0 Å². The summed E-state index contributed by atoms with van der Waals surface area (Å²) in [7, 11) is 1.21. The number of imide groups is 1. The molecule has 0 bridgehead atoms. The molecule has 0 aliphatic heterocycles. The Kier molecular flexibility index (Phi) is 6.05. The molecule has 2 aromatic heterocycles. The second kappa shape index (κ2) is 8.46. The summed E-state index contributed by atoms with van der Waals surface area (Å²) in [6.45, 7) is 0. The zero-order chi connectivity index (χ0) is 18.5. The zero-order valence-electron chi connectivity index (χ0n) is 14.4. The van der Waals surface area contributed by atoms with Crippen LogP contribution in [0.2, 0.25) is 0 Å². The lowest BCUT2D eigenvalue weighted by molar-refractivity contribution is -0.115. The van der Waals surface area contributed by atoms with Crippen LogP contribution in [-0.2, 0) is 28.8 Å². The van der Waals surface area contributed by atoms with E-state index < -0.39 is 12.0 Å². The number of hydrogen-bond acceptors (Lipinski definition) is 6. The molecule has 1 aliphatic carbocycles. The van der Waals surface area contributed by atoms with Crippen LogP contribution in [0.1, 0.15) is 44.9 Å². The van der Waals surface area contributed by atoms with Gasteiger partial charge in [0.05, 0.1) is 19.1 Å². The first kappa shape index (κ1) is 18.6. The van der Waals surface area contributed by atoms with Crippen LogP contribution in [0.25, 0.3) is 0 Å². The van der Waals surface area contributed by atoms with Gasteiger partial charge in [-0.3, -0.25) is 14.9 Å². The summed E-state index contributed by atoms with van der Waals surface area (Å²) < 4.78 is 4.53. The van der Waals surface area contributed by atoms with Crippen LogP contribution in [0.4, 0.5) is 9.80 Å². The van der Waals surface area contributed by atoms with Crippen molar-refractivity contribution >= 4 is 45.6 Å². The normalized spacial score (nSPS) is 13.4. The minimum Gasteiger partial charge on any atom is -0.453 e. The third kappa shape index (κ3) is 4.31. The average molecular weight is 393 g/mol. The number of hydrogen-bond donors (Lipinski definition) is 2. The number of methoxy groups -OCH3 is 1. The lowest BCUT2D eigenvalue weighted by atomic mass is 10.0. The second-order valence-electron chi connectivity index (χ2n) is 6.02. The van der Waals surface area contributed by atoms with Crippen LogP contribution in [0, 0.1) is 0 Å². The quantitative estimate of drug-likeness (QED) is 0.776. The third-order valence-corrected chi connectivity index (χ3v) is 6.30. The van der Waals surface area contributed by atoms with Crippen molar-refractivity contribution in [2.24, 2.45) is 0 Å². The number of nitrogens with one attached hydrogen (secondary N) is 2. The topological polar surface area (TPSA) is 84.5 Å². The first-order valence-electron chi connectivity index (χ1n) is 8.44. The lowest BCUT2D eigenvalue weighted by Crippen LogP contribution is -2.31. The van der Waals surface area contributed by atoms with E-state index in [4.69, 9.17) is 0 Å². The molecule has 0 aromatic carbocycles. The molecule has 3 amide bonds. The monoisotopic (exact) mass is 392 g/mol. The highest BCUT2D eigenvalue weighted by Crippen LogP contribution is 2.37. The van der Waals surface area contributed by atoms with Crippen molar-refractivity contribution in [1.82, 2.24) is 5.32 Å². The van der Waals surface area contributed by atoms with Gasteiger partial charge in [-0.2, -0.15) is 0 Å². The molecule has 0 saturated carbocycles. The predicted octanol–water partition coefficient (Wildman–Crippen LogP) is 3.76. The number of anilines is 1. The fraction of sp³-hybridized carbons (Fsp3) is 0.389. The number of alkyl carbamates (subject to hydrolysis) is 1. The van der Waals surface area contributed by atoms with Crippen molar-refractivity contribution in [2.75, 3.05) is 12.4 Å². The van der Waals surface area contributed by atoms with Crippen molar-refractivity contribution < 1.29 is 19.1 Å². The molecule has 1 aliphatic rings. The van der Waals surface area contributed by atoms with E-state index >= 15 is 0 Å². The third-order valence-electron chi connectivity index (χ3n) is 4.22. The van der Waals surface area contributed by atoms with Crippen molar-refractivity contribution in [1.29, 1.82) is 0 Å². The Morgan fingerprint density at radius 3 is 2.73 bits per heavy atom. The van der Waals surface area contributed by atoms with Gasteiger partial charge in [0.2, 0.25) is 5.91 Å². The van der Waals surface area contributed by atoms with Gasteiger partial charge in [0, 0.05) is 9.75 Å². The lowest BCUT2D eigenvalue weighted by Gasteiger charge is -2.08. The summed E-state index contributed by atoms with van der Waals surface area (Å²) in [4.78, 5) is 38.6. The van der Waals surface area contributed by atoms with E-state index in [-0.39, 0.29) is 12.3 Å². The largest absolute Gasteiger partial charge is 0.453 e. The Morgan fingerprint density at radius 2 is 2.00 bits per heavy atom. The molecule has 2 heterocycles. The van der Waals surface area contributed by atoms with E-state index in [2.05, 4.69) is 15.4 Å². The van der Waals surface area contributed by atoms with Gasteiger partial charge in [-0.05, 0) is 42.7 Å². The summed E-state index contributed by atoms with van der Waals surface area (Å²) in [5.74, 6) is -0.696. The Bertz CT molecular complexity index is 812. The molecule has 138 valence electrons. The Labute approximate surface area is 159 Å². The first-order valence-corrected chi connectivity index (χ1v) is 10.1. The minimum absolute atomic E-state index is 0.170. The zero-order valence-corrected chi connectivity index (χ0v) is 16.1. The highest BCUT2D eigenvalue weighted by Gasteiger charge is 2.26. The average Bonchev–Trinajstić information content (AvgIpc) is 3.16. The van der Waals surface area contributed by atoms with Crippen LogP contribution < -0.4 is 10.6 Å². The van der Waals surface area contributed by atoms with Gasteiger partial charge in [-0.1, -0.05) is 12.5 Å². The first-order chi connectivity index (χ1) is 12.6. The van der Waals surface area contributed by atoms with Gasteiger partial charge < -0.3 is 10.1 Å². The van der Waals surface area contributed by atoms with Crippen molar-refractivity contribution in [3.05, 3.63) is 38.4 Å². The molecule has 0 radical (unpaired) electrons. The fourth-order valence-electron chi connectivity index (χ4n) is 3.02. The number of ether oxygens (including phenoxy) is 1. The number of rotatable bonds is 4. The maximum Gasteiger partial charge on any atom is 0.413 e. The fourth-order valence-corrected chi connectivity index (χ4v) is 5.03. The Balaban J connectivity index is 1.86. The molecule has 2 aromatic rings. The van der Waals surface area contributed by atoms with E-state index in [0.29, 0.717) is 10.6 Å². The van der Waals surface area contributed by atoms with Gasteiger partial charge in [-0.25, -0.2) is 4.79 Å². The van der Waals surface area contributed by atoms with Gasteiger partial charge in [0.25, 0.3) is 5.91 Å². The van der Waals surface area contributed by atoms with Gasteiger partial charge in [0.15, 0.2) is 0 Å². The van der Waals surface area contributed by atoms with Crippen LogP contribution >= 0.6 is 22.7 Å². The summed E-state index contributed by atoms with van der Waals surface area (Å²) in [5, 5.41) is 7.53.